The second-order valence-electron chi connectivity index (χ2n) is 5.65. The van der Waals surface area contributed by atoms with Gasteiger partial charge >= 0.3 is 5.97 Å². The van der Waals surface area contributed by atoms with E-state index in [0.717, 1.165) is 11.3 Å². The number of nitrogens with zero attached hydrogens (tertiary/aromatic N) is 2. The molecular weight excluding hydrogens is 344 g/mol. The van der Waals surface area contributed by atoms with Crippen LogP contribution in [-0.2, 0) is 11.3 Å². The van der Waals surface area contributed by atoms with E-state index in [9.17, 15) is 4.79 Å². The molecule has 138 valence electrons. The fraction of sp³-hybridized carbons (Fsp3) is 0.150. The van der Waals surface area contributed by atoms with Crippen molar-refractivity contribution in [2.45, 2.75) is 6.54 Å². The van der Waals surface area contributed by atoms with E-state index >= 15 is 0 Å². The molecule has 3 rings (SSSR count). The molecule has 0 aliphatic heterocycles. The Kier molecular flexibility index (Phi) is 5.84. The lowest BCUT2D eigenvalue weighted by molar-refractivity contribution is 0.0602. The summed E-state index contributed by atoms with van der Waals surface area (Å²) < 4.78 is 9.97. The van der Waals surface area contributed by atoms with E-state index < -0.39 is 5.97 Å². The van der Waals surface area contributed by atoms with Crippen LogP contribution < -0.4 is 15.4 Å². The Balaban J connectivity index is 1.69. The summed E-state index contributed by atoms with van der Waals surface area (Å²) in [4.78, 5) is 20.3. The summed E-state index contributed by atoms with van der Waals surface area (Å²) in [5.74, 6) is 1.64. The van der Waals surface area contributed by atoms with Gasteiger partial charge in [0, 0.05) is 12.6 Å². The molecule has 0 radical (unpaired) electrons. The monoisotopic (exact) mass is 364 g/mol. The molecule has 0 aliphatic rings. The van der Waals surface area contributed by atoms with E-state index in [1.54, 1.807) is 31.4 Å². The van der Waals surface area contributed by atoms with Crippen LogP contribution in [0.4, 0.5) is 17.3 Å². The quantitative estimate of drug-likeness (QED) is 0.619. The van der Waals surface area contributed by atoms with Crippen molar-refractivity contribution in [2.24, 2.45) is 0 Å². The molecule has 0 amide bonds. The molecule has 1 heterocycles. The Bertz CT molecular complexity index is 913. The van der Waals surface area contributed by atoms with Crippen molar-refractivity contribution in [2.75, 3.05) is 24.9 Å². The molecule has 2 N–H and O–H groups in total. The van der Waals surface area contributed by atoms with E-state index in [2.05, 4.69) is 20.6 Å². The number of ether oxygens (including phenoxy) is 2. The zero-order valence-electron chi connectivity index (χ0n) is 15.1. The van der Waals surface area contributed by atoms with Gasteiger partial charge < -0.3 is 20.1 Å². The Morgan fingerprint density at radius 2 is 1.74 bits per heavy atom. The highest BCUT2D eigenvalue weighted by atomic mass is 16.5. The van der Waals surface area contributed by atoms with Gasteiger partial charge in [0.1, 0.15) is 23.7 Å². The summed E-state index contributed by atoms with van der Waals surface area (Å²) in [7, 11) is 2.99. The van der Waals surface area contributed by atoms with E-state index in [-0.39, 0.29) is 0 Å². The fourth-order valence-corrected chi connectivity index (χ4v) is 2.48. The Labute approximate surface area is 157 Å². The first-order chi connectivity index (χ1) is 13.2. The molecule has 3 aromatic rings. The van der Waals surface area contributed by atoms with Gasteiger partial charge in [0.15, 0.2) is 0 Å². The summed E-state index contributed by atoms with van der Waals surface area (Å²) >= 11 is 0. The Morgan fingerprint density at radius 1 is 1.00 bits per heavy atom. The molecule has 7 heteroatoms. The molecule has 7 nitrogen and oxygen atoms in total. The summed E-state index contributed by atoms with van der Waals surface area (Å²) in [5, 5.41) is 6.38. The average molecular weight is 364 g/mol. The molecule has 27 heavy (non-hydrogen) atoms. The van der Waals surface area contributed by atoms with E-state index in [0.29, 0.717) is 29.4 Å². The predicted octanol–water partition coefficient (Wildman–Crippen LogP) is 3.63. The molecule has 1 aromatic heterocycles. The minimum absolute atomic E-state index is 0.412. The minimum atomic E-state index is -0.412. The summed E-state index contributed by atoms with van der Waals surface area (Å²) in [6.45, 7) is 0.610. The second-order valence-corrected chi connectivity index (χ2v) is 5.65. The maximum atomic E-state index is 11.9. The topological polar surface area (TPSA) is 85.4 Å². The second kappa shape index (κ2) is 8.66. The predicted molar refractivity (Wildman–Crippen MR) is 103 cm³/mol. The SMILES string of the molecule is COC(=O)c1ccccc1Nc1cc(NCc2ccc(OC)cc2)ncn1. The molecule has 0 saturated carbocycles. The summed E-state index contributed by atoms with van der Waals surface area (Å²) in [5.41, 5.74) is 2.15. The van der Waals surface area contributed by atoms with Crippen LogP contribution >= 0.6 is 0 Å². The largest absolute Gasteiger partial charge is 0.497 e. The number of nitrogens with one attached hydrogen (secondary N) is 2. The highest BCUT2D eigenvalue weighted by molar-refractivity contribution is 5.96. The normalized spacial score (nSPS) is 10.1. The number of benzene rings is 2. The van der Waals surface area contributed by atoms with Gasteiger partial charge in [-0.3, -0.25) is 0 Å². The van der Waals surface area contributed by atoms with Crippen LogP contribution in [0.5, 0.6) is 5.75 Å². The third kappa shape index (κ3) is 4.72. The lowest BCUT2D eigenvalue weighted by Crippen LogP contribution is -2.07. The van der Waals surface area contributed by atoms with Crippen molar-refractivity contribution < 1.29 is 14.3 Å². The maximum absolute atomic E-state index is 11.9. The van der Waals surface area contributed by atoms with Gasteiger partial charge in [0.2, 0.25) is 0 Å². The third-order valence-corrected chi connectivity index (χ3v) is 3.89. The first kappa shape index (κ1) is 18.2. The zero-order valence-corrected chi connectivity index (χ0v) is 15.1. The first-order valence-electron chi connectivity index (χ1n) is 8.33. The van der Waals surface area contributed by atoms with Gasteiger partial charge in [-0.1, -0.05) is 24.3 Å². The van der Waals surface area contributed by atoms with E-state index in [1.807, 2.05) is 30.3 Å². The van der Waals surface area contributed by atoms with Crippen molar-refractivity contribution in [3.63, 3.8) is 0 Å². The fourth-order valence-electron chi connectivity index (χ4n) is 2.48. The molecule has 2 aromatic carbocycles. The van der Waals surface area contributed by atoms with Gasteiger partial charge in [-0.05, 0) is 29.8 Å². The zero-order chi connectivity index (χ0) is 19.1. The van der Waals surface area contributed by atoms with E-state index in [1.165, 1.54) is 13.4 Å². The molecule has 0 spiro atoms. The molecule has 0 aliphatic carbocycles. The Morgan fingerprint density at radius 3 is 2.48 bits per heavy atom. The van der Waals surface area contributed by atoms with Crippen LogP contribution in [0.1, 0.15) is 15.9 Å². The number of anilines is 3. The van der Waals surface area contributed by atoms with Crippen molar-refractivity contribution in [3.8, 4) is 5.75 Å². The smallest absolute Gasteiger partial charge is 0.339 e. The van der Waals surface area contributed by atoms with Crippen molar-refractivity contribution in [3.05, 3.63) is 72.1 Å². The summed E-state index contributed by atoms with van der Waals surface area (Å²) in [6.07, 6.45) is 1.46. The molecule has 0 fully saturated rings. The highest BCUT2D eigenvalue weighted by Crippen LogP contribution is 2.21. The number of carbonyl (C=O) groups excluding carboxylic acids is 1. The number of methoxy groups -OCH3 is 2. The van der Waals surface area contributed by atoms with Crippen molar-refractivity contribution in [1.82, 2.24) is 9.97 Å². The molecule has 0 saturated heterocycles. The molecule has 0 unspecified atom stereocenters. The first-order valence-corrected chi connectivity index (χ1v) is 8.33. The number of hydrogen-bond donors (Lipinski definition) is 2. The molecule has 0 atom stereocenters. The minimum Gasteiger partial charge on any atom is -0.497 e. The number of esters is 1. The number of hydrogen-bond acceptors (Lipinski definition) is 7. The van der Waals surface area contributed by atoms with Crippen LogP contribution in [0.15, 0.2) is 60.9 Å². The van der Waals surface area contributed by atoms with Gasteiger partial charge in [-0.2, -0.15) is 0 Å². The highest BCUT2D eigenvalue weighted by Gasteiger charge is 2.11. The van der Waals surface area contributed by atoms with Crippen molar-refractivity contribution >= 4 is 23.3 Å². The molecular formula is C20H20N4O3. The maximum Gasteiger partial charge on any atom is 0.339 e. The van der Waals surface area contributed by atoms with E-state index in [4.69, 9.17) is 9.47 Å². The number of para-hydroxylation sites is 1. The standard InChI is InChI=1S/C20H20N4O3/c1-26-15-9-7-14(8-10-15)12-21-18-11-19(23-13-22-18)24-17-6-4-3-5-16(17)20(25)27-2/h3-11,13H,12H2,1-2H3,(H2,21,22,23,24). The number of rotatable bonds is 7. The average Bonchev–Trinajstić information content (AvgIpc) is 2.73. The van der Waals surface area contributed by atoms with Crippen LogP contribution in [0.25, 0.3) is 0 Å². The lowest BCUT2D eigenvalue weighted by atomic mass is 10.2. The van der Waals surface area contributed by atoms with Gasteiger partial charge in [0.05, 0.1) is 25.5 Å². The van der Waals surface area contributed by atoms with Crippen molar-refractivity contribution in [1.29, 1.82) is 0 Å². The molecule has 0 bridgehead atoms. The van der Waals surface area contributed by atoms with Crippen LogP contribution in [0.2, 0.25) is 0 Å². The van der Waals surface area contributed by atoms with Crippen LogP contribution in [-0.4, -0.2) is 30.2 Å². The number of aromatic nitrogens is 2. The van der Waals surface area contributed by atoms with Crippen LogP contribution in [0.3, 0.4) is 0 Å². The van der Waals surface area contributed by atoms with Gasteiger partial charge in [0.25, 0.3) is 0 Å². The third-order valence-electron chi connectivity index (χ3n) is 3.89. The lowest BCUT2D eigenvalue weighted by Gasteiger charge is -2.11. The summed E-state index contributed by atoms with van der Waals surface area (Å²) in [6, 6.07) is 16.7. The number of carbonyl (C=O) groups is 1. The van der Waals surface area contributed by atoms with Gasteiger partial charge in [-0.15, -0.1) is 0 Å². The van der Waals surface area contributed by atoms with Gasteiger partial charge in [-0.25, -0.2) is 14.8 Å². The van der Waals surface area contributed by atoms with Crippen LogP contribution in [0, 0.1) is 0 Å². The Hall–Kier alpha value is -3.61.